The second kappa shape index (κ2) is 7.53. The number of piperazine rings is 1. The molecule has 27 heavy (non-hydrogen) atoms. The largest absolute Gasteiger partial charge is 0.369 e. The van der Waals surface area contributed by atoms with Gasteiger partial charge in [-0.05, 0) is 37.3 Å². The normalized spacial score (nSPS) is 14.4. The number of nitrogens with zero attached hydrogens (tertiary/aromatic N) is 6. The zero-order valence-corrected chi connectivity index (χ0v) is 15.2. The van der Waals surface area contributed by atoms with Crippen LogP contribution in [0.5, 0.6) is 0 Å². The standard InChI is InChI=1S/C19H21N7O/c1-2-20-17-5-6-18(24-23-17)25-9-11-26(12-10-25)19(27)14-3-4-15-16(13-14)22-8-7-21-15/h3-8,13H,2,9-12H2,1H3,(H,20,23). The highest BCUT2D eigenvalue weighted by molar-refractivity contribution is 5.97. The average molecular weight is 363 g/mol. The van der Waals surface area contributed by atoms with Gasteiger partial charge in [0.05, 0.1) is 11.0 Å². The Labute approximate surface area is 157 Å². The minimum absolute atomic E-state index is 0.0239. The van der Waals surface area contributed by atoms with Crippen molar-refractivity contribution in [2.75, 3.05) is 42.9 Å². The van der Waals surface area contributed by atoms with Gasteiger partial charge in [0.15, 0.2) is 5.82 Å². The van der Waals surface area contributed by atoms with E-state index in [4.69, 9.17) is 0 Å². The van der Waals surface area contributed by atoms with Crippen LogP contribution in [0.2, 0.25) is 0 Å². The lowest BCUT2D eigenvalue weighted by Crippen LogP contribution is -2.49. The van der Waals surface area contributed by atoms with Gasteiger partial charge in [-0.25, -0.2) is 0 Å². The van der Waals surface area contributed by atoms with Crippen molar-refractivity contribution in [1.82, 2.24) is 25.1 Å². The zero-order valence-electron chi connectivity index (χ0n) is 15.2. The third-order valence-corrected chi connectivity index (χ3v) is 4.62. The fourth-order valence-electron chi connectivity index (χ4n) is 3.19. The van der Waals surface area contributed by atoms with Crippen LogP contribution in [0.25, 0.3) is 11.0 Å². The van der Waals surface area contributed by atoms with Crippen molar-refractivity contribution >= 4 is 28.6 Å². The number of aromatic nitrogens is 4. The molecular formula is C19H21N7O. The molecule has 1 N–H and O–H groups in total. The number of amides is 1. The zero-order chi connectivity index (χ0) is 18.6. The van der Waals surface area contributed by atoms with Gasteiger partial charge in [-0.3, -0.25) is 14.8 Å². The van der Waals surface area contributed by atoms with Gasteiger partial charge >= 0.3 is 0 Å². The topological polar surface area (TPSA) is 87.1 Å². The molecule has 0 atom stereocenters. The van der Waals surface area contributed by atoms with Crippen LogP contribution >= 0.6 is 0 Å². The van der Waals surface area contributed by atoms with E-state index in [1.807, 2.05) is 42.2 Å². The van der Waals surface area contributed by atoms with Crippen molar-refractivity contribution in [1.29, 1.82) is 0 Å². The first-order valence-corrected chi connectivity index (χ1v) is 9.07. The lowest BCUT2D eigenvalue weighted by Gasteiger charge is -2.35. The fraction of sp³-hybridized carbons (Fsp3) is 0.316. The summed E-state index contributed by atoms with van der Waals surface area (Å²) in [6.07, 6.45) is 3.29. The minimum atomic E-state index is 0.0239. The summed E-state index contributed by atoms with van der Waals surface area (Å²) in [7, 11) is 0. The summed E-state index contributed by atoms with van der Waals surface area (Å²) in [6.45, 7) is 5.59. The minimum Gasteiger partial charge on any atom is -0.369 e. The van der Waals surface area contributed by atoms with Crippen LogP contribution in [-0.2, 0) is 0 Å². The molecule has 0 unspecified atom stereocenters. The maximum absolute atomic E-state index is 12.8. The van der Waals surface area contributed by atoms with Gasteiger partial charge in [-0.15, -0.1) is 10.2 Å². The van der Waals surface area contributed by atoms with Crippen LogP contribution in [0.3, 0.4) is 0 Å². The molecule has 0 radical (unpaired) electrons. The van der Waals surface area contributed by atoms with Crippen LogP contribution in [0.4, 0.5) is 11.6 Å². The first kappa shape index (κ1) is 17.1. The molecule has 0 spiro atoms. The van der Waals surface area contributed by atoms with Gasteiger partial charge in [-0.1, -0.05) is 0 Å². The van der Waals surface area contributed by atoms with Crippen LogP contribution < -0.4 is 10.2 Å². The highest BCUT2D eigenvalue weighted by Crippen LogP contribution is 2.17. The van der Waals surface area contributed by atoms with Gasteiger partial charge in [0.25, 0.3) is 5.91 Å². The van der Waals surface area contributed by atoms with Crippen molar-refractivity contribution in [3.8, 4) is 0 Å². The predicted molar refractivity (Wildman–Crippen MR) is 104 cm³/mol. The van der Waals surface area contributed by atoms with Gasteiger partial charge in [0.1, 0.15) is 5.82 Å². The van der Waals surface area contributed by atoms with Gasteiger partial charge in [-0.2, -0.15) is 0 Å². The van der Waals surface area contributed by atoms with Crippen LogP contribution in [0, 0.1) is 0 Å². The molecule has 1 aliphatic rings. The van der Waals surface area contributed by atoms with Gasteiger partial charge in [0.2, 0.25) is 0 Å². The van der Waals surface area contributed by atoms with E-state index in [-0.39, 0.29) is 5.91 Å². The molecule has 1 fully saturated rings. The molecule has 1 saturated heterocycles. The number of nitrogens with one attached hydrogen (secondary N) is 1. The van der Waals surface area contributed by atoms with E-state index in [1.54, 1.807) is 12.4 Å². The predicted octanol–water partition coefficient (Wildman–Crippen LogP) is 1.81. The highest BCUT2D eigenvalue weighted by atomic mass is 16.2. The smallest absolute Gasteiger partial charge is 0.254 e. The molecule has 3 aromatic rings. The summed E-state index contributed by atoms with van der Waals surface area (Å²) in [5.41, 5.74) is 2.17. The van der Waals surface area contributed by atoms with E-state index in [2.05, 4.69) is 30.4 Å². The van der Waals surface area contributed by atoms with Crippen LogP contribution in [-0.4, -0.2) is 63.7 Å². The average Bonchev–Trinajstić information content (AvgIpc) is 2.74. The lowest BCUT2D eigenvalue weighted by atomic mass is 10.1. The summed E-state index contributed by atoms with van der Waals surface area (Å²) >= 11 is 0. The third-order valence-electron chi connectivity index (χ3n) is 4.62. The molecule has 1 aliphatic heterocycles. The van der Waals surface area contributed by atoms with Crippen molar-refractivity contribution in [2.24, 2.45) is 0 Å². The monoisotopic (exact) mass is 363 g/mol. The molecule has 4 rings (SSSR count). The second-order valence-electron chi connectivity index (χ2n) is 6.35. The molecule has 2 aromatic heterocycles. The number of fused-ring (bicyclic) bond motifs is 1. The van der Waals surface area contributed by atoms with E-state index in [9.17, 15) is 4.79 Å². The van der Waals surface area contributed by atoms with E-state index >= 15 is 0 Å². The molecule has 0 bridgehead atoms. The maximum atomic E-state index is 12.8. The number of anilines is 2. The van der Waals surface area contributed by atoms with Crippen molar-refractivity contribution in [3.05, 3.63) is 48.3 Å². The summed E-state index contributed by atoms with van der Waals surface area (Å²) in [5, 5.41) is 11.6. The van der Waals surface area contributed by atoms with Crippen LogP contribution in [0.15, 0.2) is 42.7 Å². The van der Waals surface area contributed by atoms with Crippen molar-refractivity contribution in [2.45, 2.75) is 6.92 Å². The Bertz CT molecular complexity index is 936. The molecule has 3 heterocycles. The molecule has 1 aromatic carbocycles. The fourth-order valence-corrected chi connectivity index (χ4v) is 3.19. The molecule has 0 aliphatic carbocycles. The molecule has 0 saturated carbocycles. The van der Waals surface area contributed by atoms with Crippen LogP contribution in [0.1, 0.15) is 17.3 Å². The number of rotatable bonds is 4. The lowest BCUT2D eigenvalue weighted by molar-refractivity contribution is 0.0746. The third kappa shape index (κ3) is 3.64. The quantitative estimate of drug-likeness (QED) is 0.756. The van der Waals surface area contributed by atoms with E-state index < -0.39 is 0 Å². The Morgan fingerprint density at radius 2 is 1.78 bits per heavy atom. The SMILES string of the molecule is CCNc1ccc(N2CCN(C(=O)c3ccc4nccnc4c3)CC2)nn1. The first-order valence-electron chi connectivity index (χ1n) is 9.07. The summed E-state index contributed by atoms with van der Waals surface area (Å²) < 4.78 is 0. The molecular weight excluding hydrogens is 342 g/mol. The van der Waals surface area contributed by atoms with Crippen molar-refractivity contribution < 1.29 is 4.79 Å². The molecule has 1 amide bonds. The van der Waals surface area contributed by atoms with E-state index in [0.717, 1.165) is 42.3 Å². The van der Waals surface area contributed by atoms with Crippen molar-refractivity contribution in [3.63, 3.8) is 0 Å². The van der Waals surface area contributed by atoms with E-state index in [0.29, 0.717) is 18.7 Å². The number of carbonyl (C=O) groups is 1. The second-order valence-corrected chi connectivity index (χ2v) is 6.35. The summed E-state index contributed by atoms with van der Waals surface area (Å²) in [5.74, 6) is 1.63. The highest BCUT2D eigenvalue weighted by Gasteiger charge is 2.23. The summed E-state index contributed by atoms with van der Waals surface area (Å²) in [4.78, 5) is 25.4. The van der Waals surface area contributed by atoms with E-state index in [1.165, 1.54) is 0 Å². The molecule has 138 valence electrons. The maximum Gasteiger partial charge on any atom is 0.254 e. The number of benzene rings is 1. The number of carbonyl (C=O) groups excluding carboxylic acids is 1. The number of hydrogen-bond acceptors (Lipinski definition) is 7. The molecule has 8 nitrogen and oxygen atoms in total. The Morgan fingerprint density at radius 1 is 1.00 bits per heavy atom. The van der Waals surface area contributed by atoms with Gasteiger partial charge < -0.3 is 15.1 Å². The Kier molecular flexibility index (Phi) is 4.78. The van der Waals surface area contributed by atoms with Gasteiger partial charge in [0, 0.05) is 50.7 Å². The molecule has 8 heteroatoms. The number of hydrogen-bond donors (Lipinski definition) is 1. The Morgan fingerprint density at radius 3 is 2.48 bits per heavy atom. The summed E-state index contributed by atoms with van der Waals surface area (Å²) in [6, 6.07) is 9.36. The Balaban J connectivity index is 1.41. The first-order chi connectivity index (χ1) is 13.2. The Hall–Kier alpha value is -3.29.